The fourth-order valence-electron chi connectivity index (χ4n) is 4.36. The molecule has 0 aliphatic carbocycles. The highest BCUT2D eigenvalue weighted by Gasteiger charge is 2.38. The summed E-state index contributed by atoms with van der Waals surface area (Å²) in [5, 5.41) is 4.07. The minimum Gasteiger partial charge on any atom is -0.453 e. The summed E-state index contributed by atoms with van der Waals surface area (Å²) in [6, 6.07) is 3.79. The van der Waals surface area contributed by atoms with E-state index in [1.165, 1.54) is 12.0 Å². The third-order valence-electron chi connectivity index (χ3n) is 5.77. The number of ether oxygens (including phenoxy) is 1. The van der Waals surface area contributed by atoms with E-state index in [0.29, 0.717) is 24.0 Å². The number of fused-ring (bicyclic) bond motifs is 4. The highest BCUT2D eigenvalue weighted by molar-refractivity contribution is 5.92. The second-order valence-corrected chi connectivity index (χ2v) is 7.75. The number of furan rings is 1. The van der Waals surface area contributed by atoms with E-state index in [9.17, 15) is 4.79 Å². The summed E-state index contributed by atoms with van der Waals surface area (Å²) >= 11 is 0. The number of aromatic nitrogens is 1. The Morgan fingerprint density at radius 2 is 2.11 bits per heavy atom. The van der Waals surface area contributed by atoms with Gasteiger partial charge in [-0.15, -0.1) is 0 Å². The van der Waals surface area contributed by atoms with Gasteiger partial charge in [0.15, 0.2) is 5.76 Å². The first kappa shape index (κ1) is 18.3. The van der Waals surface area contributed by atoms with Crippen molar-refractivity contribution >= 4 is 5.91 Å². The summed E-state index contributed by atoms with van der Waals surface area (Å²) in [6.45, 7) is 7.82. The second kappa shape index (κ2) is 7.48. The number of piperidine rings is 1. The molecule has 3 saturated heterocycles. The lowest BCUT2D eigenvalue weighted by Crippen LogP contribution is -2.47. The van der Waals surface area contributed by atoms with Crippen LogP contribution in [-0.4, -0.2) is 53.6 Å². The summed E-state index contributed by atoms with van der Waals surface area (Å²) < 4.78 is 16.1. The lowest BCUT2D eigenvalue weighted by atomic mass is 9.95. The zero-order valence-electron chi connectivity index (χ0n) is 16.2. The molecule has 2 bridgehead atoms. The van der Waals surface area contributed by atoms with Gasteiger partial charge in [0, 0.05) is 44.9 Å². The molecule has 0 N–H and O–H groups in total. The Morgan fingerprint density at radius 1 is 1.26 bits per heavy atom. The zero-order chi connectivity index (χ0) is 19.0. The summed E-state index contributed by atoms with van der Waals surface area (Å²) in [7, 11) is 1.62. The van der Waals surface area contributed by atoms with Crippen molar-refractivity contribution in [3.8, 4) is 0 Å². The fourth-order valence-corrected chi connectivity index (χ4v) is 4.36. The van der Waals surface area contributed by atoms with E-state index in [1.54, 1.807) is 13.2 Å². The molecule has 7 nitrogen and oxygen atoms in total. The molecule has 5 rings (SSSR count). The van der Waals surface area contributed by atoms with Crippen LogP contribution in [0.15, 0.2) is 21.1 Å². The van der Waals surface area contributed by atoms with Crippen molar-refractivity contribution in [3.05, 3.63) is 40.7 Å². The van der Waals surface area contributed by atoms with Crippen LogP contribution >= 0.6 is 0 Å². The van der Waals surface area contributed by atoms with Crippen LogP contribution < -0.4 is 0 Å². The zero-order valence-corrected chi connectivity index (χ0v) is 16.2. The molecule has 0 unspecified atom stereocenters. The van der Waals surface area contributed by atoms with Crippen molar-refractivity contribution < 1.29 is 18.5 Å². The molecule has 0 radical (unpaired) electrons. The van der Waals surface area contributed by atoms with Crippen LogP contribution in [0.1, 0.15) is 46.2 Å². The molecule has 2 aromatic rings. The van der Waals surface area contributed by atoms with Gasteiger partial charge in [-0.2, -0.15) is 0 Å². The standard InChI is InChI=1S/C20H27N3O4/c1-13-18(14(2)27-21-13)11-22-8-15-4-5-16(10-22)23(9-15)20(24)19-7-6-17(26-19)12-25-3/h6-7,15-16H,4-5,8-12H2,1-3H3/t15-,16+/m0/s1. The quantitative estimate of drug-likeness (QED) is 0.803. The number of hydrogen-bond donors (Lipinski definition) is 0. The molecular formula is C20H27N3O4. The van der Waals surface area contributed by atoms with Gasteiger partial charge >= 0.3 is 0 Å². The number of amides is 1. The Morgan fingerprint density at radius 3 is 2.85 bits per heavy atom. The fraction of sp³-hybridized carbons (Fsp3) is 0.600. The minimum atomic E-state index is -0.00811. The molecule has 146 valence electrons. The molecule has 27 heavy (non-hydrogen) atoms. The highest BCUT2D eigenvalue weighted by Crippen LogP contribution is 2.31. The largest absolute Gasteiger partial charge is 0.453 e. The van der Waals surface area contributed by atoms with Gasteiger partial charge in [0.05, 0.1) is 5.69 Å². The van der Waals surface area contributed by atoms with Gasteiger partial charge in [-0.25, -0.2) is 0 Å². The number of methoxy groups -OCH3 is 1. The van der Waals surface area contributed by atoms with Crippen molar-refractivity contribution in [1.29, 1.82) is 0 Å². The van der Waals surface area contributed by atoms with Gasteiger partial charge in [0.1, 0.15) is 18.1 Å². The highest BCUT2D eigenvalue weighted by atomic mass is 16.5. The number of carbonyl (C=O) groups is 1. The van der Waals surface area contributed by atoms with E-state index >= 15 is 0 Å². The molecule has 3 aliphatic heterocycles. The number of nitrogens with zero attached hydrogens (tertiary/aromatic N) is 3. The molecule has 2 atom stereocenters. The Kier molecular flexibility index (Phi) is 5.06. The maximum absolute atomic E-state index is 13.0. The van der Waals surface area contributed by atoms with Gasteiger partial charge in [0.25, 0.3) is 5.91 Å². The number of carbonyl (C=O) groups excluding carboxylic acids is 1. The van der Waals surface area contributed by atoms with Crippen LogP contribution in [0.5, 0.6) is 0 Å². The van der Waals surface area contributed by atoms with Gasteiger partial charge in [0.2, 0.25) is 0 Å². The molecule has 0 saturated carbocycles. The topological polar surface area (TPSA) is 72.0 Å². The smallest absolute Gasteiger partial charge is 0.289 e. The van der Waals surface area contributed by atoms with E-state index in [-0.39, 0.29) is 11.9 Å². The van der Waals surface area contributed by atoms with Crippen LogP contribution in [0.4, 0.5) is 0 Å². The van der Waals surface area contributed by atoms with E-state index < -0.39 is 0 Å². The van der Waals surface area contributed by atoms with Crippen molar-refractivity contribution in [2.45, 2.75) is 45.9 Å². The average molecular weight is 373 g/mol. The van der Waals surface area contributed by atoms with Crippen LogP contribution in [0.3, 0.4) is 0 Å². The Bertz CT molecular complexity index is 793. The Hall–Kier alpha value is -2.12. The Balaban J connectivity index is 1.48. The van der Waals surface area contributed by atoms with Crippen LogP contribution in [0.2, 0.25) is 0 Å². The second-order valence-electron chi connectivity index (χ2n) is 7.75. The average Bonchev–Trinajstić information content (AvgIpc) is 3.12. The van der Waals surface area contributed by atoms with Crippen molar-refractivity contribution in [3.63, 3.8) is 0 Å². The number of hydrogen-bond acceptors (Lipinski definition) is 6. The first-order valence-electron chi connectivity index (χ1n) is 9.58. The molecular weight excluding hydrogens is 346 g/mol. The van der Waals surface area contributed by atoms with E-state index in [0.717, 1.165) is 44.1 Å². The normalized spacial score (nSPS) is 23.0. The van der Waals surface area contributed by atoms with E-state index in [1.807, 2.05) is 24.8 Å². The SMILES string of the molecule is COCc1ccc(C(=O)N2C[C@H]3CC[C@@H]2CN(Cc2c(C)noc2C)C3)o1. The molecule has 0 spiro atoms. The maximum Gasteiger partial charge on any atom is 0.289 e. The summed E-state index contributed by atoms with van der Waals surface area (Å²) in [5.74, 6) is 2.46. The molecule has 3 aliphatic rings. The lowest BCUT2D eigenvalue weighted by Gasteiger charge is -2.35. The number of rotatable bonds is 5. The third-order valence-corrected chi connectivity index (χ3v) is 5.77. The van der Waals surface area contributed by atoms with Gasteiger partial charge in [-0.3, -0.25) is 9.69 Å². The monoisotopic (exact) mass is 373 g/mol. The summed E-state index contributed by atoms with van der Waals surface area (Å²) in [4.78, 5) is 17.5. The predicted octanol–water partition coefficient (Wildman–Crippen LogP) is 2.77. The van der Waals surface area contributed by atoms with Crippen LogP contribution in [-0.2, 0) is 17.9 Å². The maximum atomic E-state index is 13.0. The molecule has 5 heterocycles. The van der Waals surface area contributed by atoms with Gasteiger partial charge in [-0.1, -0.05) is 5.16 Å². The lowest BCUT2D eigenvalue weighted by molar-refractivity contribution is 0.0546. The molecule has 3 fully saturated rings. The molecule has 2 aromatic heterocycles. The van der Waals surface area contributed by atoms with Crippen molar-refractivity contribution in [1.82, 2.24) is 15.0 Å². The molecule has 1 amide bonds. The number of aryl methyl sites for hydroxylation is 2. The first-order valence-corrected chi connectivity index (χ1v) is 9.58. The Labute approximate surface area is 159 Å². The minimum absolute atomic E-state index is 0.00811. The summed E-state index contributed by atoms with van der Waals surface area (Å²) in [5.41, 5.74) is 2.13. The van der Waals surface area contributed by atoms with Gasteiger partial charge < -0.3 is 18.6 Å². The van der Waals surface area contributed by atoms with Crippen LogP contribution in [0, 0.1) is 19.8 Å². The predicted molar refractivity (Wildman–Crippen MR) is 98.2 cm³/mol. The molecule has 0 aromatic carbocycles. The first-order chi connectivity index (χ1) is 13.0. The van der Waals surface area contributed by atoms with Crippen LogP contribution in [0.25, 0.3) is 0 Å². The van der Waals surface area contributed by atoms with E-state index in [4.69, 9.17) is 13.7 Å². The summed E-state index contributed by atoms with van der Waals surface area (Å²) in [6.07, 6.45) is 2.21. The third kappa shape index (κ3) is 3.66. The molecule has 7 heteroatoms. The van der Waals surface area contributed by atoms with Crippen molar-refractivity contribution in [2.24, 2.45) is 5.92 Å². The van der Waals surface area contributed by atoms with E-state index in [2.05, 4.69) is 10.1 Å². The van der Waals surface area contributed by atoms with Gasteiger partial charge in [-0.05, 0) is 44.7 Å². The van der Waals surface area contributed by atoms with Crippen molar-refractivity contribution in [2.75, 3.05) is 26.7 Å².